The number of piperazine rings is 1. The molecule has 0 bridgehead atoms. The van der Waals surface area contributed by atoms with E-state index in [-0.39, 0.29) is 5.92 Å². The molecule has 158 valence electrons. The molecule has 30 heavy (non-hydrogen) atoms. The Hall–Kier alpha value is -2.47. The van der Waals surface area contributed by atoms with Gasteiger partial charge in [0.05, 0.1) is 5.69 Å². The molecule has 0 atom stereocenters. The summed E-state index contributed by atoms with van der Waals surface area (Å²) < 4.78 is 0. The van der Waals surface area contributed by atoms with Crippen LogP contribution in [0, 0.1) is 5.92 Å². The standard InChI is InChI=1S/C24H31N5O/c30-24(29-15-13-27(14-16-29)18-19-5-2-1-3-6-19)20-9-11-28(12-10-20)23-17-21-7-4-8-22(21)25-26-23/h1-3,5-6,17,20H,4,7-16,18H2. The Morgan fingerprint density at radius 2 is 1.70 bits per heavy atom. The van der Waals surface area contributed by atoms with E-state index >= 15 is 0 Å². The zero-order valence-electron chi connectivity index (χ0n) is 17.7. The Morgan fingerprint density at radius 1 is 0.933 bits per heavy atom. The molecule has 2 fully saturated rings. The minimum atomic E-state index is 0.157. The maximum absolute atomic E-state index is 13.1. The van der Waals surface area contributed by atoms with Crippen LogP contribution in [0.3, 0.4) is 0 Å². The van der Waals surface area contributed by atoms with Gasteiger partial charge in [0.2, 0.25) is 5.91 Å². The molecule has 1 aromatic carbocycles. The van der Waals surface area contributed by atoms with E-state index in [1.54, 1.807) is 0 Å². The molecule has 1 amide bonds. The van der Waals surface area contributed by atoms with Crippen LogP contribution >= 0.6 is 0 Å². The lowest BCUT2D eigenvalue weighted by molar-refractivity contribution is -0.138. The van der Waals surface area contributed by atoms with E-state index in [1.165, 1.54) is 23.2 Å². The molecular formula is C24H31N5O. The van der Waals surface area contributed by atoms with Crippen molar-refractivity contribution in [2.75, 3.05) is 44.2 Å². The highest BCUT2D eigenvalue weighted by molar-refractivity contribution is 5.79. The van der Waals surface area contributed by atoms with Gasteiger partial charge in [-0.25, -0.2) is 0 Å². The molecule has 0 unspecified atom stereocenters. The molecule has 2 saturated heterocycles. The number of aromatic nitrogens is 2. The molecule has 0 N–H and O–H groups in total. The fourth-order valence-corrected chi connectivity index (χ4v) is 5.05. The summed E-state index contributed by atoms with van der Waals surface area (Å²) in [7, 11) is 0. The van der Waals surface area contributed by atoms with Crippen LogP contribution in [0.15, 0.2) is 36.4 Å². The predicted octanol–water partition coefficient (Wildman–Crippen LogP) is 2.53. The van der Waals surface area contributed by atoms with Crippen molar-refractivity contribution in [2.45, 2.75) is 38.6 Å². The van der Waals surface area contributed by atoms with E-state index in [1.807, 2.05) is 0 Å². The molecule has 2 aromatic rings. The lowest BCUT2D eigenvalue weighted by atomic mass is 9.95. The van der Waals surface area contributed by atoms with Crippen molar-refractivity contribution in [1.29, 1.82) is 0 Å². The summed E-state index contributed by atoms with van der Waals surface area (Å²) in [5.41, 5.74) is 3.89. The summed E-state index contributed by atoms with van der Waals surface area (Å²) in [6.45, 7) is 6.40. The molecule has 2 aliphatic heterocycles. The van der Waals surface area contributed by atoms with Crippen molar-refractivity contribution in [3.8, 4) is 0 Å². The Morgan fingerprint density at radius 3 is 2.47 bits per heavy atom. The van der Waals surface area contributed by atoms with Gasteiger partial charge in [0.1, 0.15) is 0 Å². The lowest BCUT2D eigenvalue weighted by Crippen LogP contribution is -2.51. The average molecular weight is 406 g/mol. The van der Waals surface area contributed by atoms with E-state index in [0.29, 0.717) is 5.91 Å². The number of carbonyl (C=O) groups is 1. The number of hydrogen-bond donors (Lipinski definition) is 0. The molecule has 3 aliphatic rings. The van der Waals surface area contributed by atoms with Crippen molar-refractivity contribution in [1.82, 2.24) is 20.0 Å². The summed E-state index contributed by atoms with van der Waals surface area (Å²) in [6.07, 6.45) is 5.23. The number of fused-ring (bicyclic) bond motifs is 1. The highest BCUT2D eigenvalue weighted by Crippen LogP contribution is 2.27. The Bertz CT molecular complexity index is 870. The van der Waals surface area contributed by atoms with Crippen LogP contribution in [0.4, 0.5) is 5.82 Å². The first-order chi connectivity index (χ1) is 14.8. The first-order valence-electron chi connectivity index (χ1n) is 11.4. The first kappa shape index (κ1) is 19.5. The Labute approximate surface area is 178 Å². The molecule has 6 heteroatoms. The predicted molar refractivity (Wildman–Crippen MR) is 117 cm³/mol. The quantitative estimate of drug-likeness (QED) is 0.782. The van der Waals surface area contributed by atoms with Gasteiger partial charge in [-0.2, -0.15) is 5.10 Å². The van der Waals surface area contributed by atoms with Gasteiger partial charge in [0.25, 0.3) is 0 Å². The molecule has 1 aromatic heterocycles. The van der Waals surface area contributed by atoms with Gasteiger partial charge in [-0.1, -0.05) is 30.3 Å². The second-order valence-electron chi connectivity index (χ2n) is 8.88. The monoisotopic (exact) mass is 405 g/mol. The third-order valence-electron chi connectivity index (χ3n) is 6.91. The molecule has 1 aliphatic carbocycles. The minimum absolute atomic E-state index is 0.157. The minimum Gasteiger partial charge on any atom is -0.355 e. The number of benzene rings is 1. The molecular weight excluding hydrogens is 374 g/mol. The smallest absolute Gasteiger partial charge is 0.225 e. The van der Waals surface area contributed by atoms with Crippen molar-refractivity contribution < 1.29 is 4.79 Å². The number of hydrogen-bond acceptors (Lipinski definition) is 5. The summed E-state index contributed by atoms with van der Waals surface area (Å²) in [5.74, 6) is 1.51. The van der Waals surface area contributed by atoms with Gasteiger partial charge in [0.15, 0.2) is 5.82 Å². The molecule has 6 nitrogen and oxygen atoms in total. The number of nitrogens with zero attached hydrogens (tertiary/aromatic N) is 5. The summed E-state index contributed by atoms with van der Waals surface area (Å²) in [6, 6.07) is 12.8. The summed E-state index contributed by atoms with van der Waals surface area (Å²) >= 11 is 0. The van der Waals surface area contributed by atoms with Gasteiger partial charge in [0, 0.05) is 51.7 Å². The molecule has 0 spiro atoms. The highest BCUT2D eigenvalue weighted by atomic mass is 16.2. The van der Waals surface area contributed by atoms with Crippen molar-refractivity contribution in [2.24, 2.45) is 5.92 Å². The molecule has 0 radical (unpaired) electrons. The highest BCUT2D eigenvalue weighted by Gasteiger charge is 2.31. The van der Waals surface area contributed by atoms with Crippen LogP contribution < -0.4 is 4.90 Å². The van der Waals surface area contributed by atoms with Crippen LogP contribution in [0.5, 0.6) is 0 Å². The van der Waals surface area contributed by atoms with E-state index in [2.05, 4.69) is 61.3 Å². The maximum atomic E-state index is 13.1. The number of carbonyl (C=O) groups excluding carboxylic acids is 1. The third-order valence-corrected chi connectivity index (χ3v) is 6.91. The van der Waals surface area contributed by atoms with Gasteiger partial charge < -0.3 is 9.80 Å². The van der Waals surface area contributed by atoms with Gasteiger partial charge in [-0.15, -0.1) is 5.10 Å². The average Bonchev–Trinajstić information content (AvgIpc) is 3.28. The van der Waals surface area contributed by atoms with Gasteiger partial charge >= 0.3 is 0 Å². The Kier molecular flexibility index (Phi) is 5.67. The molecule has 0 saturated carbocycles. The topological polar surface area (TPSA) is 52.6 Å². The third kappa shape index (κ3) is 4.19. The van der Waals surface area contributed by atoms with Gasteiger partial charge in [-0.3, -0.25) is 9.69 Å². The number of piperidine rings is 1. The second-order valence-corrected chi connectivity index (χ2v) is 8.88. The fraction of sp³-hybridized carbons (Fsp3) is 0.542. The SMILES string of the molecule is O=C(C1CCN(c2cc3c(nn2)CCC3)CC1)N1CCN(Cc2ccccc2)CC1. The number of amides is 1. The van der Waals surface area contributed by atoms with E-state index in [0.717, 1.165) is 77.3 Å². The van der Waals surface area contributed by atoms with Crippen LogP contribution in [-0.2, 0) is 24.2 Å². The number of anilines is 1. The molecule has 3 heterocycles. The summed E-state index contributed by atoms with van der Waals surface area (Å²) in [5, 5.41) is 8.88. The normalized spacial score (nSPS) is 20.4. The van der Waals surface area contributed by atoms with E-state index in [4.69, 9.17) is 0 Å². The van der Waals surface area contributed by atoms with E-state index in [9.17, 15) is 4.79 Å². The zero-order valence-corrected chi connectivity index (χ0v) is 17.7. The number of rotatable bonds is 4. The fourth-order valence-electron chi connectivity index (χ4n) is 5.05. The van der Waals surface area contributed by atoms with Crippen LogP contribution in [0.1, 0.15) is 36.1 Å². The van der Waals surface area contributed by atoms with Crippen LogP contribution in [0.25, 0.3) is 0 Å². The summed E-state index contributed by atoms with van der Waals surface area (Å²) in [4.78, 5) is 19.9. The van der Waals surface area contributed by atoms with Crippen molar-refractivity contribution >= 4 is 11.7 Å². The van der Waals surface area contributed by atoms with Crippen LogP contribution in [-0.4, -0.2) is 65.2 Å². The van der Waals surface area contributed by atoms with Gasteiger partial charge in [-0.05, 0) is 49.3 Å². The lowest BCUT2D eigenvalue weighted by Gasteiger charge is -2.38. The first-order valence-corrected chi connectivity index (χ1v) is 11.4. The van der Waals surface area contributed by atoms with Crippen molar-refractivity contribution in [3.05, 3.63) is 53.2 Å². The van der Waals surface area contributed by atoms with Crippen molar-refractivity contribution in [3.63, 3.8) is 0 Å². The number of aryl methyl sites for hydroxylation is 2. The molecule has 5 rings (SSSR count). The second kappa shape index (κ2) is 8.72. The largest absolute Gasteiger partial charge is 0.355 e. The zero-order chi connectivity index (χ0) is 20.3. The Balaban J connectivity index is 1.10. The van der Waals surface area contributed by atoms with E-state index < -0.39 is 0 Å². The van der Waals surface area contributed by atoms with Crippen LogP contribution in [0.2, 0.25) is 0 Å². The maximum Gasteiger partial charge on any atom is 0.225 e.